The van der Waals surface area contributed by atoms with Gasteiger partial charge in [-0.1, -0.05) is 17.7 Å². The first-order valence-corrected chi connectivity index (χ1v) is 9.51. The van der Waals surface area contributed by atoms with Crippen molar-refractivity contribution in [1.82, 2.24) is 20.2 Å². The lowest BCUT2D eigenvalue weighted by Crippen LogP contribution is -2.49. The van der Waals surface area contributed by atoms with E-state index in [9.17, 15) is 9.59 Å². The smallest absolute Gasteiger partial charge is 0.319 e. The highest BCUT2D eigenvalue weighted by atomic mass is 35.5. The normalized spacial score (nSPS) is 13.9. The number of carbonyl (C=O) groups is 2. The van der Waals surface area contributed by atoms with Crippen molar-refractivity contribution in [1.29, 1.82) is 0 Å². The third kappa shape index (κ3) is 5.32. The van der Waals surface area contributed by atoms with Crippen molar-refractivity contribution in [3.63, 3.8) is 0 Å². The highest BCUT2D eigenvalue weighted by molar-refractivity contribution is 6.31. The van der Waals surface area contributed by atoms with Crippen LogP contribution in [-0.2, 0) is 4.79 Å². The lowest BCUT2D eigenvalue weighted by atomic mass is 10.2. The second-order valence-corrected chi connectivity index (χ2v) is 6.92. The maximum Gasteiger partial charge on any atom is 0.319 e. The van der Waals surface area contributed by atoms with E-state index in [0.29, 0.717) is 42.8 Å². The van der Waals surface area contributed by atoms with Crippen LogP contribution in [-0.4, -0.2) is 59.5 Å². The van der Waals surface area contributed by atoms with Gasteiger partial charge in [0.05, 0.1) is 0 Å². The van der Waals surface area contributed by atoms with Gasteiger partial charge in [-0.05, 0) is 30.7 Å². The second-order valence-electron chi connectivity index (χ2n) is 6.51. The Bertz CT molecular complexity index is 824. The number of nitrogens with one attached hydrogen (secondary N) is 2. The summed E-state index contributed by atoms with van der Waals surface area (Å²) in [5, 5.41) is 6.00. The number of urea groups is 1. The molecule has 9 heteroatoms. The molecule has 3 rings (SSSR count). The van der Waals surface area contributed by atoms with Gasteiger partial charge in [0, 0.05) is 62.2 Å². The van der Waals surface area contributed by atoms with E-state index in [1.54, 1.807) is 35.5 Å². The SMILES string of the molecule is Cc1ccc(NC(=O)NCCC(=O)N2CCN(c3ncccn3)CC2)cc1Cl. The Balaban J connectivity index is 1.37. The molecule has 148 valence electrons. The summed E-state index contributed by atoms with van der Waals surface area (Å²) in [4.78, 5) is 36.6. The molecule has 1 saturated heterocycles. The minimum atomic E-state index is -0.362. The molecule has 1 aliphatic rings. The standard InChI is InChI=1S/C19H23ClN6O2/c1-14-3-4-15(13-16(14)20)24-19(28)23-8-5-17(27)25-9-11-26(12-10-25)18-21-6-2-7-22-18/h2-4,6-7,13H,5,8-12H2,1H3,(H2,23,24,28). The molecular formula is C19H23ClN6O2. The lowest BCUT2D eigenvalue weighted by molar-refractivity contribution is -0.131. The van der Waals surface area contributed by atoms with Crippen LogP contribution in [0.1, 0.15) is 12.0 Å². The molecule has 28 heavy (non-hydrogen) atoms. The highest BCUT2D eigenvalue weighted by Gasteiger charge is 2.22. The van der Waals surface area contributed by atoms with Crippen molar-refractivity contribution in [3.8, 4) is 0 Å². The zero-order valence-corrected chi connectivity index (χ0v) is 16.4. The molecule has 0 aliphatic carbocycles. The number of hydrogen-bond donors (Lipinski definition) is 2. The third-order valence-electron chi connectivity index (χ3n) is 4.52. The average Bonchev–Trinajstić information content (AvgIpc) is 2.71. The summed E-state index contributed by atoms with van der Waals surface area (Å²) < 4.78 is 0. The Morgan fingerprint density at radius 3 is 2.54 bits per heavy atom. The number of aryl methyl sites for hydroxylation is 1. The van der Waals surface area contributed by atoms with E-state index < -0.39 is 0 Å². The Hall–Kier alpha value is -2.87. The number of halogens is 1. The van der Waals surface area contributed by atoms with Gasteiger partial charge in [0.15, 0.2) is 0 Å². The van der Waals surface area contributed by atoms with Crippen molar-refractivity contribution in [2.45, 2.75) is 13.3 Å². The molecular weight excluding hydrogens is 380 g/mol. The van der Waals surface area contributed by atoms with E-state index >= 15 is 0 Å². The van der Waals surface area contributed by atoms with E-state index in [0.717, 1.165) is 5.56 Å². The van der Waals surface area contributed by atoms with E-state index in [-0.39, 0.29) is 24.9 Å². The van der Waals surface area contributed by atoms with Gasteiger partial charge in [-0.15, -0.1) is 0 Å². The van der Waals surface area contributed by atoms with E-state index in [1.807, 2.05) is 13.0 Å². The van der Waals surface area contributed by atoms with Crippen molar-refractivity contribution in [2.75, 3.05) is 42.9 Å². The summed E-state index contributed by atoms with van der Waals surface area (Å²) in [5.74, 6) is 0.705. The third-order valence-corrected chi connectivity index (χ3v) is 4.93. The average molecular weight is 403 g/mol. The Kier molecular flexibility index (Phi) is 6.65. The van der Waals surface area contributed by atoms with Gasteiger partial charge in [0.25, 0.3) is 0 Å². The molecule has 8 nitrogen and oxygen atoms in total. The largest absolute Gasteiger partial charge is 0.339 e. The van der Waals surface area contributed by atoms with Gasteiger partial charge in [-0.2, -0.15) is 0 Å². The summed E-state index contributed by atoms with van der Waals surface area (Å²) in [6.07, 6.45) is 3.67. The van der Waals surface area contributed by atoms with E-state index in [2.05, 4.69) is 25.5 Å². The van der Waals surface area contributed by atoms with Crippen LogP contribution in [0.15, 0.2) is 36.7 Å². The van der Waals surface area contributed by atoms with Crippen LogP contribution in [0.2, 0.25) is 5.02 Å². The topological polar surface area (TPSA) is 90.5 Å². The van der Waals surface area contributed by atoms with Crippen LogP contribution in [0.3, 0.4) is 0 Å². The molecule has 1 fully saturated rings. The zero-order chi connectivity index (χ0) is 19.9. The van der Waals surface area contributed by atoms with Gasteiger partial charge < -0.3 is 20.4 Å². The fraction of sp³-hybridized carbons (Fsp3) is 0.368. The first-order chi connectivity index (χ1) is 13.5. The van der Waals surface area contributed by atoms with E-state index in [1.165, 1.54) is 0 Å². The lowest BCUT2D eigenvalue weighted by Gasteiger charge is -2.34. The van der Waals surface area contributed by atoms with Gasteiger partial charge >= 0.3 is 6.03 Å². The fourth-order valence-corrected chi connectivity index (χ4v) is 3.08. The molecule has 0 unspecified atom stereocenters. The molecule has 1 aromatic carbocycles. The number of aromatic nitrogens is 2. The molecule has 1 aliphatic heterocycles. The number of rotatable bonds is 5. The molecule has 0 radical (unpaired) electrons. The predicted molar refractivity (Wildman–Crippen MR) is 109 cm³/mol. The fourth-order valence-electron chi connectivity index (χ4n) is 2.90. The van der Waals surface area contributed by atoms with Gasteiger partial charge in [0.2, 0.25) is 11.9 Å². The van der Waals surface area contributed by atoms with Crippen LogP contribution in [0.4, 0.5) is 16.4 Å². The van der Waals surface area contributed by atoms with Gasteiger partial charge in [-0.3, -0.25) is 4.79 Å². The summed E-state index contributed by atoms with van der Waals surface area (Å²) in [5.41, 5.74) is 1.55. The van der Waals surface area contributed by atoms with Crippen molar-refractivity contribution >= 4 is 35.2 Å². The van der Waals surface area contributed by atoms with Crippen molar-refractivity contribution in [3.05, 3.63) is 47.2 Å². The molecule has 0 bridgehead atoms. The molecule has 3 amide bonds. The molecule has 2 aromatic rings. The number of anilines is 2. The first kappa shape index (κ1) is 19.9. The number of hydrogen-bond acceptors (Lipinski definition) is 5. The maximum atomic E-state index is 12.4. The minimum Gasteiger partial charge on any atom is -0.339 e. The maximum absolute atomic E-state index is 12.4. The van der Waals surface area contributed by atoms with Crippen molar-refractivity contribution in [2.24, 2.45) is 0 Å². The van der Waals surface area contributed by atoms with Gasteiger partial charge in [-0.25, -0.2) is 14.8 Å². The molecule has 2 heterocycles. The first-order valence-electron chi connectivity index (χ1n) is 9.13. The quantitative estimate of drug-likeness (QED) is 0.800. The highest BCUT2D eigenvalue weighted by Crippen LogP contribution is 2.19. The van der Waals surface area contributed by atoms with Crippen LogP contribution in [0.5, 0.6) is 0 Å². The summed E-state index contributed by atoms with van der Waals surface area (Å²) >= 11 is 6.05. The predicted octanol–water partition coefficient (Wildman–Crippen LogP) is 2.30. The molecule has 0 saturated carbocycles. The Labute approximate surface area is 168 Å². The monoisotopic (exact) mass is 402 g/mol. The van der Waals surface area contributed by atoms with Crippen LogP contribution >= 0.6 is 11.6 Å². The van der Waals surface area contributed by atoms with E-state index in [4.69, 9.17) is 11.6 Å². The molecule has 0 spiro atoms. The summed E-state index contributed by atoms with van der Waals surface area (Å²) in [6.45, 7) is 4.78. The van der Waals surface area contributed by atoms with Crippen molar-refractivity contribution < 1.29 is 9.59 Å². The number of benzene rings is 1. The number of nitrogens with zero attached hydrogens (tertiary/aromatic N) is 4. The Morgan fingerprint density at radius 1 is 1.14 bits per heavy atom. The number of carbonyl (C=O) groups excluding carboxylic acids is 2. The zero-order valence-electron chi connectivity index (χ0n) is 15.7. The van der Waals surface area contributed by atoms with Crippen LogP contribution in [0.25, 0.3) is 0 Å². The van der Waals surface area contributed by atoms with Crippen LogP contribution < -0.4 is 15.5 Å². The number of amides is 3. The molecule has 2 N–H and O–H groups in total. The molecule has 1 aromatic heterocycles. The second kappa shape index (κ2) is 9.36. The van der Waals surface area contributed by atoms with Gasteiger partial charge in [0.1, 0.15) is 0 Å². The Morgan fingerprint density at radius 2 is 1.86 bits per heavy atom. The van der Waals surface area contributed by atoms with Crippen LogP contribution in [0, 0.1) is 6.92 Å². The number of piperazine rings is 1. The summed E-state index contributed by atoms with van der Waals surface area (Å²) in [6, 6.07) is 6.72. The molecule has 0 atom stereocenters. The minimum absolute atomic E-state index is 0.0207. The summed E-state index contributed by atoms with van der Waals surface area (Å²) in [7, 11) is 0.